The van der Waals surface area contributed by atoms with E-state index in [0.717, 1.165) is 0 Å². The molecule has 1 rings (SSSR count). The van der Waals surface area contributed by atoms with E-state index in [2.05, 4.69) is 0 Å². The maximum atomic E-state index is 11.7. The summed E-state index contributed by atoms with van der Waals surface area (Å²) in [5.74, 6) is 0. The zero-order chi connectivity index (χ0) is 10.8. The Morgan fingerprint density at radius 2 is 1.53 bits per heavy atom. The summed E-state index contributed by atoms with van der Waals surface area (Å²) in [6, 6.07) is 8.21. The maximum absolute atomic E-state index is 11.7. The molecule has 6 heteroatoms. The standard InChI is InChI=1S/C9H14O3SSi.K.H/c1-14(2,3)12-13(10,11)9-7-5-4-6-8-9;;/h4-8H,1-3H3;;. The van der Waals surface area contributed by atoms with Crippen molar-refractivity contribution in [1.29, 1.82) is 0 Å². The molecule has 0 radical (unpaired) electrons. The van der Waals surface area contributed by atoms with Crippen LogP contribution in [0.2, 0.25) is 19.6 Å². The van der Waals surface area contributed by atoms with E-state index in [9.17, 15) is 8.42 Å². The molecular formula is C9H15KO3SSi. The van der Waals surface area contributed by atoms with Gasteiger partial charge in [-0.2, -0.15) is 8.42 Å². The average Bonchev–Trinajstić information content (AvgIpc) is 2.01. The van der Waals surface area contributed by atoms with Gasteiger partial charge in [0.05, 0.1) is 4.90 Å². The number of rotatable bonds is 3. The molecule has 0 atom stereocenters. The van der Waals surface area contributed by atoms with Crippen LogP contribution >= 0.6 is 0 Å². The molecule has 0 bridgehead atoms. The fourth-order valence-electron chi connectivity index (χ4n) is 0.964. The minimum atomic E-state index is -3.56. The fraction of sp³-hybridized carbons (Fsp3) is 0.333. The summed E-state index contributed by atoms with van der Waals surface area (Å²) in [6.07, 6.45) is 0. The molecule has 0 amide bonds. The van der Waals surface area contributed by atoms with Crippen molar-refractivity contribution in [1.82, 2.24) is 0 Å². The molecule has 0 spiro atoms. The first-order chi connectivity index (χ1) is 6.31. The summed E-state index contributed by atoms with van der Waals surface area (Å²) in [5.41, 5.74) is 0. The van der Waals surface area contributed by atoms with Gasteiger partial charge in [0.25, 0.3) is 10.1 Å². The first-order valence-corrected chi connectivity index (χ1v) is 9.14. The zero-order valence-corrected chi connectivity index (χ0v) is 10.3. The number of hydrogen-bond donors (Lipinski definition) is 0. The molecule has 1 aromatic rings. The SMILES string of the molecule is C[Si](C)(C)OS(=O)(=O)c1ccccc1.[KH]. The summed E-state index contributed by atoms with van der Waals surface area (Å²) >= 11 is 0. The van der Waals surface area contributed by atoms with E-state index in [1.54, 1.807) is 18.2 Å². The predicted molar refractivity (Wildman–Crippen MR) is 65.2 cm³/mol. The molecule has 3 nitrogen and oxygen atoms in total. The van der Waals surface area contributed by atoms with Crippen molar-refractivity contribution < 1.29 is 12.3 Å². The second-order valence-electron chi connectivity index (χ2n) is 3.96. The summed E-state index contributed by atoms with van der Waals surface area (Å²) in [6.45, 7) is 5.52. The van der Waals surface area contributed by atoms with Crippen molar-refractivity contribution in [2.75, 3.05) is 0 Å². The molecule has 0 aliphatic rings. The molecule has 0 saturated carbocycles. The number of hydrogen-bond acceptors (Lipinski definition) is 3. The Balaban J connectivity index is 0.00000196. The van der Waals surface area contributed by atoms with Gasteiger partial charge in [-0.25, -0.2) is 0 Å². The zero-order valence-electron chi connectivity index (χ0n) is 8.52. The van der Waals surface area contributed by atoms with E-state index in [4.69, 9.17) is 3.87 Å². The fourth-order valence-corrected chi connectivity index (χ4v) is 4.47. The Bertz CT molecular complexity index is 397. The molecule has 0 aliphatic heterocycles. The van der Waals surface area contributed by atoms with Gasteiger partial charge in [-0.05, 0) is 31.8 Å². The molecule has 1 aromatic carbocycles. The van der Waals surface area contributed by atoms with Gasteiger partial charge >= 0.3 is 51.4 Å². The Hall–Kier alpha value is 0.983. The van der Waals surface area contributed by atoms with Crippen LogP contribution in [0.25, 0.3) is 0 Å². The minimum absolute atomic E-state index is 0. The Labute approximate surface area is 135 Å². The molecule has 0 heterocycles. The van der Waals surface area contributed by atoms with Crippen molar-refractivity contribution in [3.63, 3.8) is 0 Å². The first-order valence-electron chi connectivity index (χ1n) is 4.32. The molecule has 0 unspecified atom stereocenters. The van der Waals surface area contributed by atoms with Crippen LogP contribution in [-0.4, -0.2) is 68.1 Å². The van der Waals surface area contributed by atoms with E-state index in [-0.39, 0.29) is 56.3 Å². The molecular weight excluding hydrogens is 255 g/mol. The summed E-state index contributed by atoms with van der Waals surface area (Å²) in [4.78, 5) is 0.224. The van der Waals surface area contributed by atoms with Crippen LogP contribution in [0.4, 0.5) is 0 Å². The van der Waals surface area contributed by atoms with E-state index >= 15 is 0 Å². The first kappa shape index (κ1) is 16.0. The number of benzene rings is 1. The summed E-state index contributed by atoms with van der Waals surface area (Å²) in [7, 11) is -5.62. The predicted octanol–water partition coefficient (Wildman–Crippen LogP) is 1.58. The van der Waals surface area contributed by atoms with Gasteiger partial charge < -0.3 is 3.87 Å². The third kappa shape index (κ3) is 5.74. The van der Waals surface area contributed by atoms with Crippen LogP contribution in [0.3, 0.4) is 0 Å². The molecule has 0 saturated heterocycles. The Morgan fingerprint density at radius 3 is 1.93 bits per heavy atom. The van der Waals surface area contributed by atoms with Gasteiger partial charge in [-0.15, -0.1) is 0 Å². The normalized spacial score (nSPS) is 11.9. The van der Waals surface area contributed by atoms with Gasteiger partial charge in [-0.1, -0.05) is 18.2 Å². The van der Waals surface area contributed by atoms with Crippen LogP contribution < -0.4 is 0 Å². The molecule has 0 N–H and O–H groups in total. The van der Waals surface area contributed by atoms with Gasteiger partial charge in [0.2, 0.25) is 8.32 Å². The van der Waals surface area contributed by atoms with Gasteiger partial charge in [0.15, 0.2) is 0 Å². The van der Waals surface area contributed by atoms with Crippen LogP contribution in [0, 0.1) is 0 Å². The van der Waals surface area contributed by atoms with Crippen LogP contribution in [-0.2, 0) is 14.0 Å². The Kier molecular flexibility index (Phi) is 6.46. The van der Waals surface area contributed by atoms with Crippen molar-refractivity contribution in [3.05, 3.63) is 30.3 Å². The van der Waals surface area contributed by atoms with E-state index in [1.807, 2.05) is 19.6 Å². The van der Waals surface area contributed by atoms with Crippen LogP contribution in [0.15, 0.2) is 35.2 Å². The van der Waals surface area contributed by atoms with E-state index in [1.165, 1.54) is 12.1 Å². The van der Waals surface area contributed by atoms with Crippen molar-refractivity contribution >= 4 is 69.8 Å². The molecule has 0 aromatic heterocycles. The molecule has 80 valence electrons. The van der Waals surface area contributed by atoms with Crippen LogP contribution in [0.1, 0.15) is 0 Å². The summed E-state index contributed by atoms with van der Waals surface area (Å²) < 4.78 is 28.4. The monoisotopic (exact) mass is 270 g/mol. The van der Waals surface area contributed by atoms with E-state index in [0.29, 0.717) is 0 Å². The molecule has 0 fully saturated rings. The van der Waals surface area contributed by atoms with Crippen molar-refractivity contribution in [3.8, 4) is 0 Å². The second-order valence-corrected chi connectivity index (χ2v) is 10.2. The van der Waals surface area contributed by atoms with Gasteiger partial charge in [-0.3, -0.25) is 0 Å². The van der Waals surface area contributed by atoms with E-state index < -0.39 is 18.4 Å². The van der Waals surface area contributed by atoms with Crippen molar-refractivity contribution in [2.24, 2.45) is 0 Å². The van der Waals surface area contributed by atoms with Crippen LogP contribution in [0.5, 0.6) is 0 Å². The van der Waals surface area contributed by atoms with Crippen molar-refractivity contribution in [2.45, 2.75) is 24.5 Å². The summed E-state index contributed by atoms with van der Waals surface area (Å²) in [5, 5.41) is 0. The van der Waals surface area contributed by atoms with Gasteiger partial charge in [0, 0.05) is 0 Å². The average molecular weight is 270 g/mol. The van der Waals surface area contributed by atoms with Gasteiger partial charge in [0.1, 0.15) is 0 Å². The Morgan fingerprint density at radius 1 is 1.07 bits per heavy atom. The molecule has 0 aliphatic carbocycles. The molecule has 15 heavy (non-hydrogen) atoms. The second kappa shape index (κ2) is 6.06. The topological polar surface area (TPSA) is 43.4 Å². The third-order valence-electron chi connectivity index (χ3n) is 1.39. The third-order valence-corrected chi connectivity index (χ3v) is 5.12. The quantitative estimate of drug-likeness (QED) is 0.783.